The van der Waals surface area contributed by atoms with Gasteiger partial charge in [0.15, 0.2) is 6.61 Å². The summed E-state index contributed by atoms with van der Waals surface area (Å²) in [7, 11) is 0. The molecule has 3 nitrogen and oxygen atoms in total. The maximum atomic E-state index is 11.9. The van der Waals surface area contributed by atoms with Gasteiger partial charge in [-0.25, -0.2) is 0 Å². The lowest BCUT2D eigenvalue weighted by atomic mass is 10.1. The Kier molecular flexibility index (Phi) is 5.23. The van der Waals surface area contributed by atoms with Crippen LogP contribution in [0, 0.1) is 6.92 Å². The quantitative estimate of drug-likeness (QED) is 0.897. The molecule has 2 aromatic carbocycles. The molecule has 0 heterocycles. The number of rotatable bonds is 5. The molecule has 0 fully saturated rings. The first kappa shape index (κ1) is 15.4. The number of halogens is 1. The summed E-state index contributed by atoms with van der Waals surface area (Å²) in [6.45, 7) is 3.94. The van der Waals surface area contributed by atoms with Crippen molar-refractivity contribution in [3.8, 4) is 5.75 Å². The van der Waals surface area contributed by atoms with Crippen LogP contribution in [0.4, 0.5) is 5.69 Å². The summed E-state index contributed by atoms with van der Waals surface area (Å²) in [5.41, 5.74) is 2.89. The van der Waals surface area contributed by atoms with E-state index in [-0.39, 0.29) is 12.5 Å². The van der Waals surface area contributed by atoms with Gasteiger partial charge in [-0.15, -0.1) is 0 Å². The molecule has 0 saturated heterocycles. The molecular formula is C17H18ClNO2. The molecule has 2 rings (SSSR count). The van der Waals surface area contributed by atoms with Gasteiger partial charge in [0.1, 0.15) is 5.75 Å². The highest BCUT2D eigenvalue weighted by Crippen LogP contribution is 2.21. The first-order valence-electron chi connectivity index (χ1n) is 6.86. The molecule has 0 spiro atoms. The van der Waals surface area contributed by atoms with Gasteiger partial charge in [0.25, 0.3) is 5.91 Å². The van der Waals surface area contributed by atoms with Gasteiger partial charge in [0.05, 0.1) is 0 Å². The largest absolute Gasteiger partial charge is 0.484 e. The topological polar surface area (TPSA) is 38.3 Å². The molecule has 0 unspecified atom stereocenters. The summed E-state index contributed by atoms with van der Waals surface area (Å²) in [4.78, 5) is 11.9. The van der Waals surface area contributed by atoms with Crippen molar-refractivity contribution >= 4 is 23.2 Å². The van der Waals surface area contributed by atoms with Gasteiger partial charge in [0, 0.05) is 10.7 Å². The van der Waals surface area contributed by atoms with Crippen molar-refractivity contribution in [2.24, 2.45) is 0 Å². The minimum atomic E-state index is -0.184. The van der Waals surface area contributed by atoms with Crippen molar-refractivity contribution in [3.05, 3.63) is 58.6 Å². The number of nitrogens with one attached hydrogen (secondary N) is 1. The normalized spacial score (nSPS) is 10.2. The fourth-order valence-corrected chi connectivity index (χ4v) is 2.04. The third-order valence-corrected chi connectivity index (χ3v) is 3.54. The lowest BCUT2D eigenvalue weighted by Crippen LogP contribution is -2.20. The fraction of sp³-hybridized carbons (Fsp3) is 0.235. The first-order chi connectivity index (χ1) is 10.1. The lowest BCUT2D eigenvalue weighted by molar-refractivity contribution is -0.118. The smallest absolute Gasteiger partial charge is 0.262 e. The van der Waals surface area contributed by atoms with Crippen LogP contribution in [-0.2, 0) is 11.2 Å². The molecule has 0 bridgehead atoms. The zero-order chi connectivity index (χ0) is 15.2. The molecule has 110 valence electrons. The predicted octanol–water partition coefficient (Wildman–Crippen LogP) is 4.23. The molecule has 4 heteroatoms. The van der Waals surface area contributed by atoms with Crippen LogP contribution in [0.2, 0.25) is 5.02 Å². The highest BCUT2D eigenvalue weighted by atomic mass is 35.5. The summed E-state index contributed by atoms with van der Waals surface area (Å²) in [6.07, 6.45) is 0.935. The minimum absolute atomic E-state index is 0.0303. The summed E-state index contributed by atoms with van der Waals surface area (Å²) >= 11 is 5.94. The number of ether oxygens (including phenoxy) is 1. The Hall–Kier alpha value is -2.00. The maximum Gasteiger partial charge on any atom is 0.262 e. The van der Waals surface area contributed by atoms with Gasteiger partial charge in [-0.2, -0.15) is 0 Å². The number of carbonyl (C=O) groups excluding carboxylic acids is 1. The van der Waals surface area contributed by atoms with Crippen LogP contribution in [0.15, 0.2) is 42.5 Å². The highest BCUT2D eigenvalue weighted by Gasteiger charge is 2.05. The Morgan fingerprint density at radius 1 is 1.24 bits per heavy atom. The van der Waals surface area contributed by atoms with Crippen LogP contribution in [0.5, 0.6) is 5.75 Å². The van der Waals surface area contributed by atoms with Gasteiger partial charge in [-0.1, -0.05) is 30.7 Å². The Balaban J connectivity index is 1.90. The van der Waals surface area contributed by atoms with Crippen LogP contribution in [0.3, 0.4) is 0 Å². The van der Waals surface area contributed by atoms with Gasteiger partial charge >= 0.3 is 0 Å². The van der Waals surface area contributed by atoms with E-state index in [1.807, 2.05) is 37.3 Å². The summed E-state index contributed by atoms with van der Waals surface area (Å²) in [5, 5.41) is 3.51. The zero-order valence-corrected chi connectivity index (χ0v) is 12.9. The molecule has 2 aromatic rings. The number of carbonyl (C=O) groups is 1. The Morgan fingerprint density at radius 2 is 2.05 bits per heavy atom. The van der Waals surface area contributed by atoms with Crippen LogP contribution >= 0.6 is 11.6 Å². The Bertz CT molecular complexity index is 640. The molecular weight excluding hydrogens is 286 g/mol. The predicted molar refractivity (Wildman–Crippen MR) is 86.1 cm³/mol. The van der Waals surface area contributed by atoms with Crippen molar-refractivity contribution in [1.29, 1.82) is 0 Å². The molecule has 0 atom stereocenters. The van der Waals surface area contributed by atoms with Crippen LogP contribution in [0.1, 0.15) is 18.1 Å². The van der Waals surface area contributed by atoms with Crippen molar-refractivity contribution < 1.29 is 9.53 Å². The second-order valence-corrected chi connectivity index (χ2v) is 5.21. The molecule has 21 heavy (non-hydrogen) atoms. The van der Waals surface area contributed by atoms with E-state index in [9.17, 15) is 4.79 Å². The SMILES string of the molecule is CCc1cccc(NC(=O)COc2ccc(Cl)c(C)c2)c1. The Labute approximate surface area is 129 Å². The summed E-state index contributed by atoms with van der Waals surface area (Å²) in [6, 6.07) is 13.1. The van der Waals surface area contributed by atoms with E-state index < -0.39 is 0 Å². The van der Waals surface area contributed by atoms with Crippen LogP contribution in [-0.4, -0.2) is 12.5 Å². The van der Waals surface area contributed by atoms with E-state index in [0.29, 0.717) is 10.8 Å². The second-order valence-electron chi connectivity index (χ2n) is 4.80. The number of amides is 1. The van der Waals surface area contributed by atoms with Crippen LogP contribution in [0.25, 0.3) is 0 Å². The number of benzene rings is 2. The van der Waals surface area contributed by atoms with Gasteiger partial charge < -0.3 is 10.1 Å². The van der Waals surface area contributed by atoms with E-state index in [1.165, 1.54) is 5.56 Å². The minimum Gasteiger partial charge on any atom is -0.484 e. The van der Waals surface area contributed by atoms with E-state index in [2.05, 4.69) is 12.2 Å². The highest BCUT2D eigenvalue weighted by molar-refractivity contribution is 6.31. The first-order valence-corrected chi connectivity index (χ1v) is 7.24. The third kappa shape index (κ3) is 4.50. The second kappa shape index (κ2) is 7.14. The fourth-order valence-electron chi connectivity index (χ4n) is 1.92. The van der Waals surface area contributed by atoms with E-state index in [1.54, 1.807) is 12.1 Å². The monoisotopic (exact) mass is 303 g/mol. The molecule has 1 amide bonds. The van der Waals surface area contributed by atoms with Gasteiger partial charge in [-0.05, 0) is 54.8 Å². The average Bonchev–Trinajstić information content (AvgIpc) is 2.48. The van der Waals surface area contributed by atoms with Crippen molar-refractivity contribution in [2.75, 3.05) is 11.9 Å². The summed E-state index contributed by atoms with van der Waals surface area (Å²) in [5.74, 6) is 0.449. The van der Waals surface area contributed by atoms with E-state index in [4.69, 9.17) is 16.3 Å². The average molecular weight is 304 g/mol. The molecule has 1 N–H and O–H groups in total. The Morgan fingerprint density at radius 3 is 2.76 bits per heavy atom. The van der Waals surface area contributed by atoms with Gasteiger partial charge in [0.2, 0.25) is 0 Å². The van der Waals surface area contributed by atoms with Crippen molar-refractivity contribution in [2.45, 2.75) is 20.3 Å². The molecule has 0 aliphatic heterocycles. The van der Waals surface area contributed by atoms with Crippen LogP contribution < -0.4 is 10.1 Å². The van der Waals surface area contributed by atoms with E-state index in [0.717, 1.165) is 17.7 Å². The lowest BCUT2D eigenvalue weighted by Gasteiger charge is -2.09. The molecule has 0 radical (unpaired) electrons. The molecule has 0 aliphatic carbocycles. The molecule has 0 aromatic heterocycles. The van der Waals surface area contributed by atoms with Gasteiger partial charge in [-0.3, -0.25) is 4.79 Å². The standard InChI is InChI=1S/C17H18ClNO2/c1-3-13-5-4-6-14(10-13)19-17(20)11-21-15-7-8-16(18)12(2)9-15/h4-10H,3,11H2,1-2H3,(H,19,20). The molecule has 0 saturated carbocycles. The number of anilines is 1. The number of hydrogen-bond donors (Lipinski definition) is 1. The van der Waals surface area contributed by atoms with Crippen molar-refractivity contribution in [3.63, 3.8) is 0 Å². The van der Waals surface area contributed by atoms with Crippen molar-refractivity contribution in [1.82, 2.24) is 0 Å². The summed E-state index contributed by atoms with van der Waals surface area (Å²) < 4.78 is 5.46. The van der Waals surface area contributed by atoms with E-state index >= 15 is 0 Å². The zero-order valence-electron chi connectivity index (χ0n) is 12.2. The molecule has 0 aliphatic rings. The number of aryl methyl sites for hydroxylation is 2. The number of hydrogen-bond acceptors (Lipinski definition) is 2. The third-order valence-electron chi connectivity index (χ3n) is 3.12. The maximum absolute atomic E-state index is 11.9.